The molecule has 1 fully saturated rings. The number of aldehydes is 1. The molecule has 1 aliphatic heterocycles. The van der Waals surface area contributed by atoms with E-state index in [9.17, 15) is 4.79 Å². The van der Waals surface area contributed by atoms with Crippen LogP contribution in [0.4, 0.5) is 5.82 Å². The Balaban J connectivity index is 2.13. The average Bonchev–Trinajstić information content (AvgIpc) is 2.31. The summed E-state index contributed by atoms with van der Waals surface area (Å²) in [6.45, 7) is 1.42. The molecule has 86 valence electrons. The van der Waals surface area contributed by atoms with E-state index in [1.807, 2.05) is 0 Å². The number of aromatic nitrogens is 2. The van der Waals surface area contributed by atoms with Crippen molar-refractivity contribution in [3.63, 3.8) is 0 Å². The van der Waals surface area contributed by atoms with Crippen molar-refractivity contribution in [2.75, 3.05) is 18.5 Å². The van der Waals surface area contributed by atoms with Gasteiger partial charge in [0.25, 0.3) is 0 Å². The number of carbonyl (C=O) groups excluding carboxylic acids is 1. The van der Waals surface area contributed by atoms with E-state index in [2.05, 4.69) is 15.3 Å². The number of halogens is 1. The molecule has 16 heavy (non-hydrogen) atoms. The Bertz CT molecular complexity index is 380. The van der Waals surface area contributed by atoms with Crippen LogP contribution in [0.3, 0.4) is 0 Å². The monoisotopic (exact) mass is 241 g/mol. The molecule has 0 aromatic carbocycles. The molecule has 0 radical (unpaired) electrons. The van der Waals surface area contributed by atoms with Gasteiger partial charge >= 0.3 is 0 Å². The molecule has 0 spiro atoms. The van der Waals surface area contributed by atoms with Gasteiger partial charge in [-0.15, -0.1) is 0 Å². The van der Waals surface area contributed by atoms with Crippen molar-refractivity contribution >= 4 is 23.7 Å². The van der Waals surface area contributed by atoms with Crippen LogP contribution in [0.25, 0.3) is 0 Å². The first-order valence-corrected chi connectivity index (χ1v) is 5.49. The van der Waals surface area contributed by atoms with Crippen molar-refractivity contribution in [3.8, 4) is 0 Å². The van der Waals surface area contributed by atoms with Crippen LogP contribution >= 0.6 is 11.6 Å². The van der Waals surface area contributed by atoms with Crippen molar-refractivity contribution < 1.29 is 9.53 Å². The number of nitrogens with one attached hydrogen (secondary N) is 1. The van der Waals surface area contributed by atoms with E-state index in [1.54, 1.807) is 0 Å². The first-order chi connectivity index (χ1) is 7.81. The van der Waals surface area contributed by atoms with Crippen LogP contribution in [0.1, 0.15) is 23.2 Å². The Morgan fingerprint density at radius 1 is 1.56 bits per heavy atom. The first-order valence-electron chi connectivity index (χ1n) is 5.11. The van der Waals surface area contributed by atoms with Gasteiger partial charge in [-0.05, 0) is 12.8 Å². The third kappa shape index (κ3) is 2.48. The maximum absolute atomic E-state index is 10.9. The summed E-state index contributed by atoms with van der Waals surface area (Å²) < 4.78 is 5.33. The molecule has 0 amide bonds. The van der Waals surface area contributed by atoms with Gasteiger partial charge in [0.1, 0.15) is 17.3 Å². The van der Waals surface area contributed by atoms with Crippen molar-refractivity contribution in [1.29, 1.82) is 0 Å². The van der Waals surface area contributed by atoms with E-state index in [0.29, 0.717) is 24.3 Å². The number of ether oxygens (including phenoxy) is 1. The van der Waals surface area contributed by atoms with Crippen molar-refractivity contribution in [2.24, 2.45) is 0 Å². The van der Waals surface area contributed by atoms with Crippen LogP contribution in [-0.2, 0) is 4.74 Å². The van der Waals surface area contributed by atoms with Crippen molar-refractivity contribution in [2.45, 2.75) is 18.9 Å². The molecule has 1 unspecified atom stereocenters. The molecule has 1 aromatic rings. The number of hydrogen-bond donors (Lipinski definition) is 1. The summed E-state index contributed by atoms with van der Waals surface area (Å²) in [6, 6.07) is 0.179. The fourth-order valence-corrected chi connectivity index (χ4v) is 1.82. The van der Waals surface area contributed by atoms with E-state index >= 15 is 0 Å². The van der Waals surface area contributed by atoms with E-state index in [4.69, 9.17) is 16.3 Å². The number of carbonyl (C=O) groups is 1. The zero-order valence-corrected chi connectivity index (χ0v) is 9.41. The largest absolute Gasteiger partial charge is 0.379 e. The molecule has 2 heterocycles. The molecule has 2 rings (SSSR count). The van der Waals surface area contributed by atoms with E-state index in [-0.39, 0.29) is 11.2 Å². The van der Waals surface area contributed by atoms with Crippen LogP contribution in [0.2, 0.25) is 5.15 Å². The van der Waals surface area contributed by atoms with Gasteiger partial charge in [-0.3, -0.25) is 4.79 Å². The Hall–Kier alpha value is -1.20. The smallest absolute Gasteiger partial charge is 0.156 e. The quantitative estimate of drug-likeness (QED) is 0.642. The van der Waals surface area contributed by atoms with Gasteiger partial charge in [0.05, 0.1) is 18.2 Å². The predicted octanol–water partition coefficient (Wildman–Crippen LogP) is 1.53. The lowest BCUT2D eigenvalue weighted by atomic mass is 10.1. The summed E-state index contributed by atoms with van der Waals surface area (Å²) in [5, 5.41) is 3.32. The van der Waals surface area contributed by atoms with Crippen LogP contribution in [-0.4, -0.2) is 35.5 Å². The summed E-state index contributed by atoms with van der Waals surface area (Å²) in [5.41, 5.74) is 0.301. The number of nitrogens with zero attached hydrogens (tertiary/aromatic N) is 2. The fraction of sp³-hybridized carbons (Fsp3) is 0.500. The summed E-state index contributed by atoms with van der Waals surface area (Å²) >= 11 is 5.79. The molecular weight excluding hydrogens is 230 g/mol. The molecule has 1 aliphatic rings. The van der Waals surface area contributed by atoms with Gasteiger partial charge in [-0.2, -0.15) is 0 Å². The van der Waals surface area contributed by atoms with Crippen LogP contribution in [0.5, 0.6) is 0 Å². The molecule has 0 aliphatic carbocycles. The zero-order valence-electron chi connectivity index (χ0n) is 8.65. The van der Waals surface area contributed by atoms with Gasteiger partial charge in [0.15, 0.2) is 6.29 Å². The lowest BCUT2D eigenvalue weighted by Crippen LogP contribution is -2.30. The molecular formula is C10H12ClN3O2. The first kappa shape index (κ1) is 11.3. The van der Waals surface area contributed by atoms with Gasteiger partial charge < -0.3 is 10.1 Å². The number of hydrogen-bond acceptors (Lipinski definition) is 5. The minimum absolute atomic E-state index is 0.171. The molecule has 5 nitrogen and oxygen atoms in total. The minimum Gasteiger partial charge on any atom is -0.379 e. The van der Waals surface area contributed by atoms with E-state index in [1.165, 1.54) is 6.33 Å². The SMILES string of the molecule is O=Cc1c(Cl)ncnc1NC1CCCOC1. The normalized spacial score (nSPS) is 20.4. The second-order valence-corrected chi connectivity index (χ2v) is 3.96. The minimum atomic E-state index is 0.171. The number of rotatable bonds is 3. The maximum atomic E-state index is 10.9. The fourth-order valence-electron chi connectivity index (χ4n) is 1.64. The molecule has 1 N–H and O–H groups in total. The summed E-state index contributed by atoms with van der Waals surface area (Å²) in [6.07, 6.45) is 4.00. The summed E-state index contributed by atoms with van der Waals surface area (Å²) in [5.74, 6) is 0.477. The zero-order chi connectivity index (χ0) is 11.4. The Kier molecular flexibility index (Phi) is 3.69. The lowest BCUT2D eigenvalue weighted by molar-refractivity contribution is 0.0874. The third-order valence-corrected chi connectivity index (χ3v) is 2.76. The van der Waals surface area contributed by atoms with Gasteiger partial charge in [0.2, 0.25) is 0 Å². The van der Waals surface area contributed by atoms with Crippen molar-refractivity contribution in [3.05, 3.63) is 17.0 Å². The highest BCUT2D eigenvalue weighted by atomic mass is 35.5. The maximum Gasteiger partial charge on any atom is 0.156 e. The third-order valence-electron chi connectivity index (χ3n) is 2.45. The lowest BCUT2D eigenvalue weighted by Gasteiger charge is -2.24. The average molecular weight is 242 g/mol. The van der Waals surface area contributed by atoms with Crippen LogP contribution in [0.15, 0.2) is 6.33 Å². The molecule has 0 saturated carbocycles. The highest BCUT2D eigenvalue weighted by Crippen LogP contribution is 2.19. The summed E-state index contributed by atoms with van der Waals surface area (Å²) in [7, 11) is 0. The standard InChI is InChI=1S/C10H12ClN3O2/c11-9-8(4-15)10(13-6-12-9)14-7-2-1-3-16-5-7/h4,6-7H,1-3,5H2,(H,12,13,14). The molecule has 1 aromatic heterocycles. The second kappa shape index (κ2) is 5.23. The molecule has 0 bridgehead atoms. The Labute approximate surface area is 98.2 Å². The number of anilines is 1. The van der Waals surface area contributed by atoms with E-state index in [0.717, 1.165) is 19.4 Å². The van der Waals surface area contributed by atoms with Crippen LogP contribution < -0.4 is 5.32 Å². The van der Waals surface area contributed by atoms with Gasteiger partial charge in [-0.25, -0.2) is 9.97 Å². The Morgan fingerprint density at radius 2 is 2.44 bits per heavy atom. The second-order valence-electron chi connectivity index (χ2n) is 3.60. The molecule has 1 saturated heterocycles. The topological polar surface area (TPSA) is 64.1 Å². The van der Waals surface area contributed by atoms with Gasteiger partial charge in [-0.1, -0.05) is 11.6 Å². The van der Waals surface area contributed by atoms with Gasteiger partial charge in [0, 0.05) is 6.61 Å². The Morgan fingerprint density at radius 3 is 3.12 bits per heavy atom. The predicted molar refractivity (Wildman–Crippen MR) is 59.9 cm³/mol. The van der Waals surface area contributed by atoms with Crippen molar-refractivity contribution in [1.82, 2.24) is 9.97 Å². The highest BCUT2D eigenvalue weighted by Gasteiger charge is 2.17. The summed E-state index contributed by atoms with van der Waals surface area (Å²) in [4.78, 5) is 18.6. The van der Waals surface area contributed by atoms with E-state index < -0.39 is 0 Å². The molecule has 6 heteroatoms. The molecule has 1 atom stereocenters. The van der Waals surface area contributed by atoms with Crippen LogP contribution in [0, 0.1) is 0 Å². The highest BCUT2D eigenvalue weighted by molar-refractivity contribution is 6.32.